The number of carbonyl (C=O) groups excluding carboxylic acids is 1. The molecule has 1 aromatic rings. The van der Waals surface area contributed by atoms with E-state index in [0.29, 0.717) is 10.0 Å². The molecule has 114 valence electrons. The number of benzene rings is 1. The monoisotopic (exact) mass is 329 g/mol. The molecule has 0 saturated heterocycles. The van der Waals surface area contributed by atoms with Crippen LogP contribution in [0, 0.1) is 0 Å². The summed E-state index contributed by atoms with van der Waals surface area (Å²) in [6.45, 7) is 3.30. The summed E-state index contributed by atoms with van der Waals surface area (Å²) in [6, 6.07) is 4.26. The number of carbonyl (C=O) groups is 2. The Labute approximate surface area is 133 Å². The average molecular weight is 330 g/mol. The van der Waals surface area contributed by atoms with Gasteiger partial charge in [-0.3, -0.25) is 4.79 Å². The van der Waals surface area contributed by atoms with Crippen LogP contribution in [0.4, 0.5) is 0 Å². The minimum Gasteiger partial charge on any atom is -0.480 e. The van der Waals surface area contributed by atoms with Gasteiger partial charge >= 0.3 is 5.97 Å². The molecule has 1 aliphatic rings. The third-order valence-corrected chi connectivity index (χ3v) is 4.52. The fourth-order valence-electron chi connectivity index (χ4n) is 2.31. The van der Waals surface area contributed by atoms with Crippen molar-refractivity contribution in [3.8, 4) is 0 Å². The molecule has 2 unspecified atom stereocenters. The first kappa shape index (κ1) is 16.1. The van der Waals surface area contributed by atoms with E-state index >= 15 is 0 Å². The van der Waals surface area contributed by atoms with Crippen molar-refractivity contribution in [2.24, 2.45) is 0 Å². The number of hydrogen-bond acceptors (Lipinski definition) is 2. The quantitative estimate of drug-likeness (QED) is 0.898. The smallest absolute Gasteiger partial charge is 0.326 e. The molecule has 21 heavy (non-hydrogen) atoms. The summed E-state index contributed by atoms with van der Waals surface area (Å²) in [5, 5.41) is 9.99. The fourth-order valence-corrected chi connectivity index (χ4v) is 2.61. The van der Waals surface area contributed by atoms with Gasteiger partial charge in [0.15, 0.2) is 0 Å². The second-order valence-corrected chi connectivity index (χ2v) is 6.20. The van der Waals surface area contributed by atoms with Gasteiger partial charge in [-0.25, -0.2) is 4.79 Å². The van der Waals surface area contributed by atoms with Gasteiger partial charge in [0.25, 0.3) is 0 Å². The van der Waals surface area contributed by atoms with Crippen molar-refractivity contribution in [1.29, 1.82) is 0 Å². The molecule has 1 aliphatic carbocycles. The molecule has 0 heterocycles. The molecule has 1 fully saturated rings. The Morgan fingerprint density at radius 3 is 2.33 bits per heavy atom. The van der Waals surface area contributed by atoms with Gasteiger partial charge in [-0.15, -0.1) is 0 Å². The van der Waals surface area contributed by atoms with Gasteiger partial charge in [0.2, 0.25) is 5.91 Å². The van der Waals surface area contributed by atoms with Gasteiger partial charge in [-0.05, 0) is 44.4 Å². The Morgan fingerprint density at radius 1 is 1.24 bits per heavy atom. The molecule has 2 rings (SSSR count). The van der Waals surface area contributed by atoms with Crippen LogP contribution in [-0.4, -0.2) is 34.0 Å². The lowest BCUT2D eigenvalue weighted by Crippen LogP contribution is -2.46. The van der Waals surface area contributed by atoms with Crippen LogP contribution in [0.2, 0.25) is 10.0 Å². The Hall–Kier alpha value is -1.26. The third-order valence-electron chi connectivity index (χ3n) is 3.78. The molecule has 1 aromatic carbocycles. The van der Waals surface area contributed by atoms with Gasteiger partial charge in [0.05, 0.1) is 16.0 Å². The summed E-state index contributed by atoms with van der Waals surface area (Å²) in [7, 11) is 0. The predicted octanol–water partition coefficient (Wildman–Crippen LogP) is 3.56. The molecule has 1 saturated carbocycles. The Kier molecular flexibility index (Phi) is 4.79. The largest absolute Gasteiger partial charge is 0.480 e. The maximum absolute atomic E-state index is 12.7. The number of carboxylic acid groups (broad SMARTS) is 1. The number of halogens is 2. The molecule has 4 nitrogen and oxygen atoms in total. The van der Waals surface area contributed by atoms with Crippen LogP contribution < -0.4 is 0 Å². The number of amides is 1. The molecule has 2 atom stereocenters. The van der Waals surface area contributed by atoms with Crippen LogP contribution in [0.1, 0.15) is 38.2 Å². The van der Waals surface area contributed by atoms with Gasteiger partial charge in [-0.2, -0.15) is 0 Å². The maximum atomic E-state index is 12.7. The summed E-state index contributed by atoms with van der Waals surface area (Å²) in [4.78, 5) is 25.3. The van der Waals surface area contributed by atoms with Crippen molar-refractivity contribution < 1.29 is 14.7 Å². The standard InChI is InChI=1S/C15H17Cl2NO3/c1-8(10-3-6-12(16)13(17)7-10)14(19)18(11-4-5-11)9(2)15(20)21/h3,6-9,11H,4-5H2,1-2H3,(H,20,21). The second-order valence-electron chi connectivity index (χ2n) is 5.39. The van der Waals surface area contributed by atoms with Crippen LogP contribution in [0.5, 0.6) is 0 Å². The first-order valence-corrected chi connectivity index (χ1v) is 7.58. The first-order valence-electron chi connectivity index (χ1n) is 6.83. The van der Waals surface area contributed by atoms with Crippen LogP contribution in [-0.2, 0) is 9.59 Å². The number of carboxylic acids is 1. The van der Waals surface area contributed by atoms with Gasteiger partial charge in [0, 0.05) is 6.04 Å². The predicted molar refractivity (Wildman–Crippen MR) is 81.8 cm³/mol. The Morgan fingerprint density at radius 2 is 1.86 bits per heavy atom. The molecular formula is C15H17Cl2NO3. The van der Waals surface area contributed by atoms with Gasteiger partial charge in [0.1, 0.15) is 6.04 Å². The minimum absolute atomic E-state index is 0.0359. The highest BCUT2D eigenvalue weighted by Gasteiger charge is 2.40. The van der Waals surface area contributed by atoms with Crippen molar-refractivity contribution >= 4 is 35.1 Å². The van der Waals surface area contributed by atoms with Crippen LogP contribution in [0.25, 0.3) is 0 Å². The summed E-state index contributed by atoms with van der Waals surface area (Å²) < 4.78 is 0. The van der Waals surface area contributed by atoms with Crippen molar-refractivity contribution in [3.63, 3.8) is 0 Å². The molecule has 0 aromatic heterocycles. The number of nitrogens with zero attached hydrogens (tertiary/aromatic N) is 1. The summed E-state index contributed by atoms with van der Waals surface area (Å²) >= 11 is 11.9. The van der Waals surface area contributed by atoms with E-state index in [1.54, 1.807) is 32.0 Å². The lowest BCUT2D eigenvalue weighted by molar-refractivity contribution is -0.150. The topological polar surface area (TPSA) is 57.6 Å². The molecule has 1 amide bonds. The van der Waals surface area contributed by atoms with Crippen molar-refractivity contribution in [2.75, 3.05) is 0 Å². The molecule has 0 radical (unpaired) electrons. The van der Waals surface area contributed by atoms with E-state index in [1.165, 1.54) is 4.90 Å². The molecular weight excluding hydrogens is 313 g/mol. The molecule has 0 bridgehead atoms. The van der Waals surface area contributed by atoms with E-state index in [9.17, 15) is 14.7 Å². The normalized spacial score (nSPS) is 17.1. The average Bonchev–Trinajstić information content (AvgIpc) is 3.25. The van der Waals surface area contributed by atoms with E-state index in [0.717, 1.165) is 18.4 Å². The molecule has 0 aliphatic heterocycles. The zero-order valence-electron chi connectivity index (χ0n) is 11.8. The van der Waals surface area contributed by atoms with Crippen molar-refractivity contribution in [3.05, 3.63) is 33.8 Å². The van der Waals surface area contributed by atoms with Crippen LogP contribution in [0.15, 0.2) is 18.2 Å². The van der Waals surface area contributed by atoms with Crippen LogP contribution >= 0.6 is 23.2 Å². The highest BCUT2D eigenvalue weighted by molar-refractivity contribution is 6.42. The Bertz CT molecular complexity index is 572. The zero-order chi connectivity index (χ0) is 15.7. The highest BCUT2D eigenvalue weighted by Crippen LogP contribution is 2.33. The number of rotatable bonds is 5. The minimum atomic E-state index is -0.989. The summed E-state index contributed by atoms with van der Waals surface area (Å²) in [5.74, 6) is -1.63. The van der Waals surface area contributed by atoms with E-state index in [2.05, 4.69) is 0 Å². The fraction of sp³-hybridized carbons (Fsp3) is 0.467. The lowest BCUT2D eigenvalue weighted by Gasteiger charge is -2.29. The summed E-state index contributed by atoms with van der Waals surface area (Å²) in [6.07, 6.45) is 1.72. The Balaban J connectivity index is 2.23. The van der Waals surface area contributed by atoms with E-state index in [1.807, 2.05) is 0 Å². The van der Waals surface area contributed by atoms with E-state index < -0.39 is 17.9 Å². The van der Waals surface area contributed by atoms with Gasteiger partial charge < -0.3 is 10.0 Å². The number of aliphatic carboxylic acids is 1. The lowest BCUT2D eigenvalue weighted by atomic mass is 9.99. The highest BCUT2D eigenvalue weighted by atomic mass is 35.5. The second kappa shape index (κ2) is 6.24. The molecule has 0 spiro atoms. The van der Waals surface area contributed by atoms with E-state index in [4.69, 9.17) is 23.2 Å². The van der Waals surface area contributed by atoms with Crippen LogP contribution in [0.3, 0.4) is 0 Å². The molecule has 6 heteroatoms. The van der Waals surface area contributed by atoms with Gasteiger partial charge in [-0.1, -0.05) is 29.3 Å². The summed E-state index contributed by atoms with van der Waals surface area (Å²) in [5.41, 5.74) is 0.734. The molecule has 1 N–H and O–H groups in total. The first-order chi connectivity index (χ1) is 9.82. The zero-order valence-corrected chi connectivity index (χ0v) is 13.4. The van der Waals surface area contributed by atoms with Crippen molar-refractivity contribution in [1.82, 2.24) is 4.90 Å². The van der Waals surface area contributed by atoms with Crippen molar-refractivity contribution in [2.45, 2.75) is 44.7 Å². The van der Waals surface area contributed by atoms with E-state index in [-0.39, 0.29) is 11.9 Å². The SMILES string of the molecule is CC(C(=O)N(C1CC1)C(C)C(=O)O)c1ccc(Cl)c(Cl)c1. The number of hydrogen-bond donors (Lipinski definition) is 1. The third kappa shape index (κ3) is 3.50. The maximum Gasteiger partial charge on any atom is 0.326 e.